The average Bonchev–Trinajstić information content (AvgIpc) is 3.27. The van der Waals surface area contributed by atoms with Crippen molar-refractivity contribution >= 4 is 27.7 Å². The van der Waals surface area contributed by atoms with Crippen LogP contribution in [0.1, 0.15) is 43.5 Å². The molecule has 37 heavy (non-hydrogen) atoms. The number of hydrogen-bond acceptors (Lipinski definition) is 4. The van der Waals surface area contributed by atoms with Crippen LogP contribution in [0, 0.1) is 5.92 Å². The lowest BCUT2D eigenvalue weighted by atomic mass is 9.89. The number of nitrogens with zero attached hydrogens (tertiary/aromatic N) is 3. The minimum atomic E-state index is -0.206. The molecule has 2 heterocycles. The van der Waals surface area contributed by atoms with Gasteiger partial charge in [0.15, 0.2) is 0 Å². The molecule has 2 unspecified atom stereocenters. The number of para-hydroxylation sites is 2. The second kappa shape index (κ2) is 11.4. The molecule has 6 nitrogen and oxygen atoms in total. The molecule has 1 aromatic heterocycles. The maximum absolute atomic E-state index is 13.4. The smallest absolute Gasteiger partial charge is 0.224 e. The third kappa shape index (κ3) is 5.86. The van der Waals surface area contributed by atoms with Gasteiger partial charge in [-0.05, 0) is 53.6 Å². The zero-order chi connectivity index (χ0) is 25.8. The van der Waals surface area contributed by atoms with Gasteiger partial charge in [-0.1, -0.05) is 61.5 Å². The highest BCUT2D eigenvalue weighted by molar-refractivity contribution is 5.83. The minimum Gasteiger partial charge on any atom is -0.385 e. The molecule has 0 aliphatic carbocycles. The lowest BCUT2D eigenvalue weighted by Gasteiger charge is -2.37. The van der Waals surface area contributed by atoms with Gasteiger partial charge in [-0.2, -0.15) is 0 Å². The first-order valence-electron chi connectivity index (χ1n) is 13.5. The van der Waals surface area contributed by atoms with Gasteiger partial charge in [0.2, 0.25) is 5.91 Å². The summed E-state index contributed by atoms with van der Waals surface area (Å²) in [7, 11) is 1.74. The first kappa shape index (κ1) is 25.4. The quantitative estimate of drug-likeness (QED) is 0.324. The molecule has 0 saturated carbocycles. The number of benzene rings is 3. The van der Waals surface area contributed by atoms with Crippen LogP contribution >= 0.6 is 0 Å². The Morgan fingerprint density at radius 3 is 2.70 bits per heavy atom. The zero-order valence-corrected chi connectivity index (χ0v) is 22.0. The van der Waals surface area contributed by atoms with E-state index in [4.69, 9.17) is 15.5 Å². The first-order valence-corrected chi connectivity index (χ1v) is 13.5. The summed E-state index contributed by atoms with van der Waals surface area (Å²) >= 11 is 0. The van der Waals surface area contributed by atoms with Crippen molar-refractivity contribution < 1.29 is 9.53 Å². The minimum absolute atomic E-state index is 0.145. The number of nitrogens with two attached hydrogens (primary N) is 1. The normalized spacial score (nSPS) is 18.9. The van der Waals surface area contributed by atoms with Crippen molar-refractivity contribution in [2.75, 3.05) is 26.8 Å². The van der Waals surface area contributed by atoms with Crippen LogP contribution in [0.4, 0.5) is 0 Å². The van der Waals surface area contributed by atoms with E-state index < -0.39 is 0 Å². The predicted molar refractivity (Wildman–Crippen MR) is 150 cm³/mol. The number of likely N-dealkylation sites (tertiary alicyclic amines) is 1. The van der Waals surface area contributed by atoms with Crippen molar-refractivity contribution in [3.05, 3.63) is 78.1 Å². The summed E-state index contributed by atoms with van der Waals surface area (Å²) in [5, 5.41) is 2.43. The number of aryl methyl sites for hydroxylation is 1. The largest absolute Gasteiger partial charge is 0.385 e. The summed E-state index contributed by atoms with van der Waals surface area (Å²) in [4.78, 5) is 20.5. The lowest BCUT2D eigenvalue weighted by molar-refractivity contribution is -0.133. The molecule has 0 bridgehead atoms. The summed E-state index contributed by atoms with van der Waals surface area (Å²) in [6.07, 6.45) is 3.01. The molecule has 1 saturated heterocycles. The Hall–Kier alpha value is -3.22. The molecule has 0 radical (unpaired) electrons. The van der Waals surface area contributed by atoms with E-state index in [1.54, 1.807) is 7.11 Å². The third-order valence-electron chi connectivity index (χ3n) is 7.54. The summed E-state index contributed by atoms with van der Waals surface area (Å²) in [5.41, 5.74) is 9.85. The van der Waals surface area contributed by atoms with Crippen LogP contribution in [-0.2, 0) is 22.5 Å². The number of rotatable bonds is 9. The fourth-order valence-electron chi connectivity index (χ4n) is 5.84. The van der Waals surface area contributed by atoms with Crippen molar-refractivity contribution in [2.45, 2.75) is 51.1 Å². The maximum Gasteiger partial charge on any atom is 0.224 e. The van der Waals surface area contributed by atoms with Crippen LogP contribution < -0.4 is 5.73 Å². The van der Waals surface area contributed by atoms with Crippen molar-refractivity contribution in [2.24, 2.45) is 11.7 Å². The van der Waals surface area contributed by atoms with E-state index >= 15 is 0 Å². The van der Waals surface area contributed by atoms with E-state index in [1.165, 1.54) is 16.3 Å². The molecule has 3 aromatic carbocycles. The highest BCUT2D eigenvalue weighted by Crippen LogP contribution is 2.32. The van der Waals surface area contributed by atoms with E-state index in [2.05, 4.69) is 66.1 Å². The predicted octanol–water partition coefficient (Wildman–Crippen LogP) is 5.14. The summed E-state index contributed by atoms with van der Waals surface area (Å²) in [6.45, 7) is 5.28. The molecule has 5 rings (SSSR count). The highest BCUT2D eigenvalue weighted by atomic mass is 16.5. The van der Waals surface area contributed by atoms with Crippen LogP contribution in [0.25, 0.3) is 21.8 Å². The van der Waals surface area contributed by atoms with Gasteiger partial charge in [0.1, 0.15) is 5.82 Å². The Bertz CT molecular complexity index is 1360. The van der Waals surface area contributed by atoms with Crippen LogP contribution in [0.3, 0.4) is 0 Å². The standard InChI is InChI=1S/C31H38N4O2/c1-22-16-26(31-33-28-10-5-6-11-29(28)35(31)14-7-15-37-2)21-34(20-22)30(36)19-27(32)18-23-12-13-24-8-3-4-9-25(24)17-23/h3-6,8-13,17,22,26-27H,7,14-16,18-21,32H2,1-2H3/t22?,26?,27-/m1/s1. The number of carbonyl (C=O) groups is 1. The van der Waals surface area contributed by atoms with Gasteiger partial charge in [-0.3, -0.25) is 4.79 Å². The fourth-order valence-corrected chi connectivity index (χ4v) is 5.84. The third-order valence-corrected chi connectivity index (χ3v) is 7.54. The highest BCUT2D eigenvalue weighted by Gasteiger charge is 2.32. The average molecular weight is 499 g/mol. The summed E-state index contributed by atoms with van der Waals surface area (Å²) in [5.74, 6) is 1.85. The van der Waals surface area contributed by atoms with E-state index in [-0.39, 0.29) is 17.9 Å². The van der Waals surface area contributed by atoms with Gasteiger partial charge in [0.05, 0.1) is 11.0 Å². The Morgan fingerprint density at radius 2 is 1.86 bits per heavy atom. The topological polar surface area (TPSA) is 73.4 Å². The van der Waals surface area contributed by atoms with E-state index in [0.717, 1.165) is 42.8 Å². The van der Waals surface area contributed by atoms with Crippen LogP contribution in [0.5, 0.6) is 0 Å². The molecular weight excluding hydrogens is 460 g/mol. The number of methoxy groups -OCH3 is 1. The molecule has 1 aliphatic heterocycles. The van der Waals surface area contributed by atoms with Gasteiger partial charge in [-0.15, -0.1) is 0 Å². The van der Waals surface area contributed by atoms with Gasteiger partial charge in [0, 0.05) is 51.7 Å². The number of hydrogen-bond donors (Lipinski definition) is 1. The Balaban J connectivity index is 1.28. The van der Waals surface area contributed by atoms with Crippen molar-refractivity contribution in [3.63, 3.8) is 0 Å². The molecule has 1 fully saturated rings. The monoisotopic (exact) mass is 498 g/mol. The Kier molecular flexibility index (Phi) is 7.87. The number of ether oxygens (including phenoxy) is 1. The molecule has 1 aliphatic rings. The second-order valence-electron chi connectivity index (χ2n) is 10.6. The fraction of sp³-hybridized carbons (Fsp3) is 0.419. The molecule has 4 aromatic rings. The van der Waals surface area contributed by atoms with Gasteiger partial charge in [0.25, 0.3) is 0 Å². The van der Waals surface area contributed by atoms with Crippen LogP contribution in [-0.4, -0.2) is 53.2 Å². The molecule has 6 heteroatoms. The number of amides is 1. The zero-order valence-electron chi connectivity index (χ0n) is 22.0. The number of fused-ring (bicyclic) bond motifs is 2. The van der Waals surface area contributed by atoms with Gasteiger partial charge in [-0.25, -0.2) is 4.98 Å². The Morgan fingerprint density at radius 1 is 1.08 bits per heavy atom. The van der Waals surface area contributed by atoms with Crippen molar-refractivity contribution in [1.29, 1.82) is 0 Å². The van der Waals surface area contributed by atoms with Crippen LogP contribution in [0.2, 0.25) is 0 Å². The van der Waals surface area contributed by atoms with Crippen LogP contribution in [0.15, 0.2) is 66.7 Å². The molecule has 1 amide bonds. The van der Waals surface area contributed by atoms with E-state index in [1.807, 2.05) is 17.0 Å². The van der Waals surface area contributed by atoms with E-state index in [0.29, 0.717) is 31.9 Å². The van der Waals surface area contributed by atoms with Crippen molar-refractivity contribution in [3.8, 4) is 0 Å². The number of imidazole rings is 1. The molecule has 2 N–H and O–H groups in total. The van der Waals surface area contributed by atoms with Gasteiger partial charge < -0.3 is 19.9 Å². The SMILES string of the molecule is COCCCn1c(C2CC(C)CN(C(=O)C[C@H](N)Cc3ccc4ccccc4c3)C2)nc2ccccc21. The molecule has 194 valence electrons. The molecular formula is C31H38N4O2. The maximum atomic E-state index is 13.4. The van der Waals surface area contributed by atoms with E-state index in [9.17, 15) is 4.79 Å². The summed E-state index contributed by atoms with van der Waals surface area (Å²) in [6, 6.07) is 22.9. The molecule has 0 spiro atoms. The summed E-state index contributed by atoms with van der Waals surface area (Å²) < 4.78 is 7.64. The number of carbonyl (C=O) groups excluding carboxylic acids is 1. The number of aromatic nitrogens is 2. The second-order valence-corrected chi connectivity index (χ2v) is 10.6. The van der Waals surface area contributed by atoms with Crippen molar-refractivity contribution in [1.82, 2.24) is 14.5 Å². The molecule has 3 atom stereocenters. The first-order chi connectivity index (χ1) is 18.0. The lowest BCUT2D eigenvalue weighted by Crippen LogP contribution is -2.45. The number of piperidine rings is 1. The van der Waals surface area contributed by atoms with Gasteiger partial charge >= 0.3 is 0 Å². The Labute approximate surface area is 219 Å².